The van der Waals surface area contributed by atoms with Gasteiger partial charge in [0.25, 0.3) is 0 Å². The Labute approximate surface area is 205 Å². The zero-order chi connectivity index (χ0) is 24.3. The highest BCUT2D eigenvalue weighted by atomic mass is 32.2. The lowest BCUT2D eigenvalue weighted by Crippen LogP contribution is -2.37. The number of carbonyl (C=O) groups is 1. The summed E-state index contributed by atoms with van der Waals surface area (Å²) in [7, 11) is 3.60. The predicted molar refractivity (Wildman–Crippen MR) is 138 cm³/mol. The van der Waals surface area contributed by atoms with E-state index in [1.54, 1.807) is 18.8 Å². The van der Waals surface area contributed by atoms with Crippen LogP contribution in [0.1, 0.15) is 39.5 Å². The maximum absolute atomic E-state index is 12.5. The molecule has 1 aliphatic rings. The van der Waals surface area contributed by atoms with Crippen LogP contribution in [0.15, 0.2) is 50.2 Å². The van der Waals surface area contributed by atoms with Crippen LogP contribution in [0.3, 0.4) is 0 Å². The maximum atomic E-state index is 12.5. The molecule has 0 bridgehead atoms. The first kappa shape index (κ1) is 25.9. The van der Waals surface area contributed by atoms with Crippen molar-refractivity contribution in [1.82, 2.24) is 25.7 Å². The first-order chi connectivity index (χ1) is 16.6. The highest BCUT2D eigenvalue weighted by Gasteiger charge is 2.20. The molecule has 1 unspecified atom stereocenters. The van der Waals surface area contributed by atoms with Crippen LogP contribution in [0, 0.1) is 5.92 Å². The predicted octanol–water partition coefficient (Wildman–Crippen LogP) is 3.08. The highest BCUT2D eigenvalue weighted by molar-refractivity contribution is 7.99. The number of aromatic nitrogens is 2. The normalized spacial score (nSPS) is 17.0. The summed E-state index contributed by atoms with van der Waals surface area (Å²) in [6.07, 6.45) is 3.76. The molecule has 1 atom stereocenters. The summed E-state index contributed by atoms with van der Waals surface area (Å²) in [5.41, 5.74) is 7.69. The van der Waals surface area contributed by atoms with Crippen LogP contribution in [-0.2, 0) is 11.3 Å². The summed E-state index contributed by atoms with van der Waals surface area (Å²) >= 11 is 1.55. The van der Waals surface area contributed by atoms with Gasteiger partial charge in [-0.3, -0.25) is 14.4 Å². The second kappa shape index (κ2) is 13.3. The van der Waals surface area contributed by atoms with E-state index in [9.17, 15) is 4.79 Å². The van der Waals surface area contributed by atoms with Crippen LogP contribution < -0.4 is 27.0 Å². The average molecular weight is 485 g/mol. The molecule has 9 nitrogen and oxygen atoms in total. The number of anilines is 1. The molecule has 1 aliphatic heterocycles. The van der Waals surface area contributed by atoms with Gasteiger partial charge in [0.05, 0.1) is 5.92 Å². The third-order valence-electron chi connectivity index (χ3n) is 5.53. The Kier molecular flexibility index (Phi) is 10.1. The smallest absolute Gasteiger partial charge is 0.233 e. The van der Waals surface area contributed by atoms with Gasteiger partial charge in [0.2, 0.25) is 11.9 Å². The number of nitrogens with one attached hydrogen (secondary N) is 4. The minimum Gasteiger partial charge on any atom is -0.326 e. The van der Waals surface area contributed by atoms with E-state index in [1.165, 1.54) is 0 Å². The standard InChI is InChI=1S/C24H36N8OS/c1-5-8-20(31-26-4)29-24-30-22(15-21(25-3)32(24)6-2)34-19-12-10-18(11-13-19)28-23(33)17-9-7-14-27-16-17/h10-13,15,17,26-27H,5-9,14,16H2,1-4H3,(H,28,33)(H,29,30,31). The monoisotopic (exact) mass is 484 g/mol. The van der Waals surface area contributed by atoms with Gasteiger partial charge in [0.15, 0.2) is 0 Å². The van der Waals surface area contributed by atoms with Crippen LogP contribution in [0.2, 0.25) is 0 Å². The summed E-state index contributed by atoms with van der Waals surface area (Å²) in [5, 5.41) is 7.14. The molecular formula is C24H36N8OS. The van der Waals surface area contributed by atoms with Crippen molar-refractivity contribution in [2.45, 2.75) is 56.0 Å². The third-order valence-corrected chi connectivity index (χ3v) is 6.46. The summed E-state index contributed by atoms with van der Waals surface area (Å²) in [6.45, 7) is 6.63. The molecule has 184 valence electrons. The number of hydrogen-bond donors (Lipinski definition) is 4. The van der Waals surface area contributed by atoms with Crippen molar-refractivity contribution in [3.63, 3.8) is 0 Å². The quantitative estimate of drug-likeness (QED) is 0.189. The van der Waals surface area contributed by atoms with E-state index in [0.717, 1.165) is 65.7 Å². The van der Waals surface area contributed by atoms with Crippen molar-refractivity contribution in [1.29, 1.82) is 0 Å². The van der Waals surface area contributed by atoms with Crippen LogP contribution in [0.5, 0.6) is 0 Å². The van der Waals surface area contributed by atoms with Crippen molar-refractivity contribution < 1.29 is 4.79 Å². The molecule has 1 aromatic carbocycles. The van der Waals surface area contributed by atoms with Gasteiger partial charge in [0.1, 0.15) is 16.3 Å². The first-order valence-electron chi connectivity index (χ1n) is 11.9. The Morgan fingerprint density at radius 3 is 2.71 bits per heavy atom. The molecule has 3 rings (SSSR count). The Balaban J connectivity index is 1.79. The van der Waals surface area contributed by atoms with Crippen LogP contribution in [0.4, 0.5) is 11.6 Å². The number of amidine groups is 1. The number of nitrogens with zero attached hydrogens (tertiary/aromatic N) is 4. The number of rotatable bonds is 9. The van der Waals surface area contributed by atoms with Crippen molar-refractivity contribution in [2.24, 2.45) is 15.9 Å². The lowest BCUT2D eigenvalue weighted by molar-refractivity contribution is -0.120. The Morgan fingerprint density at radius 2 is 2.09 bits per heavy atom. The van der Waals surface area contributed by atoms with Gasteiger partial charge in [-0.25, -0.2) is 10.4 Å². The number of carbonyl (C=O) groups excluding carboxylic acids is 1. The first-order valence-corrected chi connectivity index (χ1v) is 12.7. The van der Waals surface area contributed by atoms with Gasteiger partial charge in [-0.15, -0.1) is 0 Å². The fourth-order valence-corrected chi connectivity index (χ4v) is 4.61. The Morgan fingerprint density at radius 1 is 1.29 bits per heavy atom. The summed E-state index contributed by atoms with van der Waals surface area (Å²) < 4.78 is 2.00. The minimum absolute atomic E-state index is 0.0340. The van der Waals surface area contributed by atoms with Crippen molar-refractivity contribution in [3.05, 3.63) is 35.8 Å². The molecule has 10 heteroatoms. The van der Waals surface area contributed by atoms with Crippen LogP contribution in [-0.4, -0.2) is 48.5 Å². The van der Waals surface area contributed by atoms with Gasteiger partial charge >= 0.3 is 0 Å². The SMILES string of the molecule is CCC/C(=N\c1nc(Sc2ccc(NC(=O)C3CCCNC3)cc2)cc(=NC)n1CC)NNC. The lowest BCUT2D eigenvalue weighted by Gasteiger charge is -2.21. The number of aliphatic imine (C=N–C) groups is 1. The molecule has 1 fully saturated rings. The molecule has 4 N–H and O–H groups in total. The van der Waals surface area contributed by atoms with Gasteiger partial charge in [0, 0.05) is 50.3 Å². The zero-order valence-corrected chi connectivity index (χ0v) is 21.3. The van der Waals surface area contributed by atoms with Gasteiger partial charge in [-0.1, -0.05) is 18.7 Å². The molecule has 2 aromatic rings. The second-order valence-electron chi connectivity index (χ2n) is 8.06. The fraction of sp³-hybridized carbons (Fsp3) is 0.500. The lowest BCUT2D eigenvalue weighted by atomic mass is 9.99. The largest absolute Gasteiger partial charge is 0.326 e. The van der Waals surface area contributed by atoms with E-state index < -0.39 is 0 Å². The zero-order valence-electron chi connectivity index (χ0n) is 20.5. The van der Waals surface area contributed by atoms with Crippen LogP contribution >= 0.6 is 11.8 Å². The Hall–Kier alpha value is -2.69. The second-order valence-corrected chi connectivity index (χ2v) is 9.16. The van der Waals surface area contributed by atoms with E-state index in [4.69, 9.17) is 9.98 Å². The Bertz CT molecular complexity index is 1030. The van der Waals surface area contributed by atoms with E-state index in [-0.39, 0.29) is 11.8 Å². The fourth-order valence-electron chi connectivity index (χ4n) is 3.80. The van der Waals surface area contributed by atoms with Gasteiger partial charge < -0.3 is 16.1 Å². The number of hydrogen-bond acceptors (Lipinski definition) is 7. The number of piperidine rings is 1. The topological polar surface area (TPSA) is 108 Å². The average Bonchev–Trinajstić information content (AvgIpc) is 2.85. The van der Waals surface area contributed by atoms with E-state index in [2.05, 4.69) is 40.3 Å². The molecule has 0 radical (unpaired) electrons. The molecule has 34 heavy (non-hydrogen) atoms. The van der Waals surface area contributed by atoms with E-state index in [1.807, 2.05) is 41.9 Å². The van der Waals surface area contributed by atoms with Crippen LogP contribution in [0.25, 0.3) is 0 Å². The molecule has 0 spiro atoms. The van der Waals surface area contributed by atoms with Crippen molar-refractivity contribution in [2.75, 3.05) is 32.5 Å². The van der Waals surface area contributed by atoms with E-state index in [0.29, 0.717) is 12.5 Å². The highest BCUT2D eigenvalue weighted by Crippen LogP contribution is 2.28. The van der Waals surface area contributed by atoms with Crippen molar-refractivity contribution in [3.8, 4) is 0 Å². The molecule has 0 saturated carbocycles. The molecule has 0 aliphatic carbocycles. The van der Waals surface area contributed by atoms with Crippen molar-refractivity contribution >= 4 is 35.1 Å². The molecule has 1 aromatic heterocycles. The van der Waals surface area contributed by atoms with Gasteiger partial charge in [-0.2, -0.15) is 4.99 Å². The number of amides is 1. The maximum Gasteiger partial charge on any atom is 0.233 e. The number of hydrazine groups is 1. The molecular weight excluding hydrogens is 448 g/mol. The minimum atomic E-state index is 0.0340. The van der Waals surface area contributed by atoms with E-state index >= 15 is 0 Å². The molecule has 2 heterocycles. The summed E-state index contributed by atoms with van der Waals surface area (Å²) in [6, 6.07) is 9.85. The third kappa shape index (κ3) is 7.15. The molecule has 1 amide bonds. The number of benzene rings is 1. The summed E-state index contributed by atoms with van der Waals surface area (Å²) in [5.74, 6) is 1.56. The van der Waals surface area contributed by atoms with Gasteiger partial charge in [-0.05, 0) is 57.0 Å². The summed E-state index contributed by atoms with van der Waals surface area (Å²) in [4.78, 5) is 27.6. The molecule has 1 saturated heterocycles.